The number of fused-ring (bicyclic) bond motifs is 2. The minimum absolute atomic E-state index is 0.00579. The molecule has 2 aromatic heterocycles. The number of carbonyl (C=O) groups excluding carboxylic acids is 1. The minimum atomic E-state index is -1.01. The maximum Gasteiger partial charge on any atom is 0.196 e. The molecule has 0 radical (unpaired) electrons. The van der Waals surface area contributed by atoms with Crippen LogP contribution in [0.2, 0.25) is 0 Å². The molecule has 4 rings (SSSR count). The molecule has 0 saturated carbocycles. The molecular formula is C23H22O5S. The van der Waals surface area contributed by atoms with Crippen molar-refractivity contribution in [2.45, 2.75) is 45.4 Å². The first-order valence-electron chi connectivity index (χ1n) is 9.75. The van der Waals surface area contributed by atoms with Crippen LogP contribution in [0.5, 0.6) is 5.75 Å². The third-order valence-electron chi connectivity index (χ3n) is 6.03. The molecule has 150 valence electrons. The van der Waals surface area contributed by atoms with Crippen LogP contribution < -0.4 is 5.43 Å². The van der Waals surface area contributed by atoms with Gasteiger partial charge in [-0.25, -0.2) is 0 Å². The van der Waals surface area contributed by atoms with Crippen LogP contribution in [0.1, 0.15) is 51.4 Å². The van der Waals surface area contributed by atoms with Crippen LogP contribution in [-0.4, -0.2) is 16.0 Å². The van der Waals surface area contributed by atoms with Gasteiger partial charge in [-0.15, -0.1) is 11.3 Å². The van der Waals surface area contributed by atoms with Gasteiger partial charge in [0.1, 0.15) is 28.6 Å². The Labute approximate surface area is 171 Å². The summed E-state index contributed by atoms with van der Waals surface area (Å²) < 4.78 is 7.13. The second-order valence-corrected chi connectivity index (χ2v) is 8.22. The lowest BCUT2D eigenvalue weighted by Gasteiger charge is -2.35. The van der Waals surface area contributed by atoms with Crippen molar-refractivity contribution in [2.75, 3.05) is 0 Å². The third-order valence-corrected chi connectivity index (χ3v) is 6.92. The highest BCUT2D eigenvalue weighted by atomic mass is 32.1. The smallest absolute Gasteiger partial charge is 0.196 e. The van der Waals surface area contributed by atoms with Crippen LogP contribution in [0.15, 0.2) is 44.4 Å². The van der Waals surface area contributed by atoms with Gasteiger partial charge in [0.05, 0.1) is 11.0 Å². The molecule has 1 aromatic carbocycles. The fourth-order valence-electron chi connectivity index (χ4n) is 4.34. The number of hydrogen-bond acceptors (Lipinski definition) is 6. The largest absolute Gasteiger partial charge is 0.507 e. The van der Waals surface area contributed by atoms with E-state index < -0.39 is 10.8 Å². The van der Waals surface area contributed by atoms with E-state index in [0.29, 0.717) is 24.8 Å². The highest BCUT2D eigenvalue weighted by Gasteiger charge is 2.48. The molecule has 5 nitrogen and oxygen atoms in total. The van der Waals surface area contributed by atoms with Crippen LogP contribution in [0, 0.1) is 0 Å². The van der Waals surface area contributed by atoms with E-state index in [1.165, 1.54) is 17.4 Å². The predicted octanol–water partition coefficient (Wildman–Crippen LogP) is 5.55. The Bertz CT molecular complexity index is 1220. The molecule has 2 heterocycles. The van der Waals surface area contributed by atoms with Crippen LogP contribution >= 0.6 is 11.3 Å². The van der Waals surface area contributed by atoms with Gasteiger partial charge in [0.25, 0.3) is 0 Å². The molecule has 6 heteroatoms. The van der Waals surface area contributed by atoms with E-state index >= 15 is 0 Å². The van der Waals surface area contributed by atoms with Crippen molar-refractivity contribution in [1.29, 1.82) is 0 Å². The second-order valence-electron chi connectivity index (χ2n) is 7.27. The Balaban J connectivity index is 2.11. The topological polar surface area (TPSA) is 87.7 Å². The average Bonchev–Trinajstić information content (AvgIpc) is 3.17. The zero-order valence-corrected chi connectivity index (χ0v) is 17.4. The number of phenolic OH excluding ortho intramolecular Hbond substituents is 1. The average molecular weight is 410 g/mol. The number of aliphatic hydroxyl groups excluding tert-OH is 1. The van der Waals surface area contributed by atoms with E-state index in [-0.39, 0.29) is 39.9 Å². The molecular weight excluding hydrogens is 388 g/mol. The van der Waals surface area contributed by atoms with Crippen molar-refractivity contribution >= 4 is 33.0 Å². The van der Waals surface area contributed by atoms with Gasteiger partial charge in [-0.2, -0.15) is 0 Å². The number of benzene rings is 1. The molecule has 1 aliphatic rings. The SMILES string of the molecule is CCC1=C(O)c2c(oc(-c3c(O)ccc4sccc34)cc2=O)C(CC)(CC)C1=O. The molecule has 2 N–H and O–H groups in total. The molecule has 0 spiro atoms. The van der Waals surface area contributed by atoms with Gasteiger partial charge < -0.3 is 14.6 Å². The number of aliphatic hydroxyl groups is 1. The van der Waals surface area contributed by atoms with Gasteiger partial charge in [0.15, 0.2) is 11.2 Å². The van der Waals surface area contributed by atoms with Crippen molar-refractivity contribution in [2.24, 2.45) is 0 Å². The molecule has 3 aromatic rings. The zero-order valence-electron chi connectivity index (χ0n) is 16.5. The number of carbonyl (C=O) groups is 1. The molecule has 0 amide bonds. The van der Waals surface area contributed by atoms with Crippen LogP contribution in [0.25, 0.3) is 27.2 Å². The zero-order chi connectivity index (χ0) is 20.9. The molecule has 1 aliphatic carbocycles. The Morgan fingerprint density at radius 2 is 1.76 bits per heavy atom. The van der Waals surface area contributed by atoms with Gasteiger partial charge >= 0.3 is 0 Å². The lowest BCUT2D eigenvalue weighted by molar-refractivity contribution is -0.122. The molecule has 29 heavy (non-hydrogen) atoms. The van der Waals surface area contributed by atoms with Crippen LogP contribution in [0.3, 0.4) is 0 Å². The van der Waals surface area contributed by atoms with Crippen molar-refractivity contribution in [3.8, 4) is 17.1 Å². The Morgan fingerprint density at radius 1 is 1.03 bits per heavy atom. The van der Waals surface area contributed by atoms with Crippen molar-refractivity contribution in [3.63, 3.8) is 0 Å². The summed E-state index contributed by atoms with van der Waals surface area (Å²) in [4.78, 5) is 26.4. The number of hydrogen-bond donors (Lipinski definition) is 2. The maximum absolute atomic E-state index is 13.3. The van der Waals surface area contributed by atoms with Gasteiger partial charge in [-0.1, -0.05) is 20.8 Å². The standard InChI is InChI=1S/C23H22O5S/c1-4-12-20(26)19-15(25)11-16(28-22(19)23(5-2,6-3)21(12)27)18-13-9-10-29-17(13)8-7-14(18)24/h7-11,24,26H,4-6H2,1-3H3. The molecule has 0 saturated heterocycles. The predicted molar refractivity (Wildman–Crippen MR) is 115 cm³/mol. The summed E-state index contributed by atoms with van der Waals surface area (Å²) in [5.41, 5.74) is -0.688. The fraction of sp³-hybridized carbons (Fsp3) is 0.304. The van der Waals surface area contributed by atoms with Gasteiger partial charge in [0, 0.05) is 21.7 Å². The monoisotopic (exact) mass is 410 g/mol. The summed E-state index contributed by atoms with van der Waals surface area (Å²) in [5.74, 6) is -0.108. The highest BCUT2D eigenvalue weighted by Crippen LogP contribution is 2.46. The maximum atomic E-state index is 13.3. The number of thiophene rings is 1. The van der Waals surface area contributed by atoms with Crippen LogP contribution in [-0.2, 0) is 10.2 Å². The van der Waals surface area contributed by atoms with Crippen molar-refractivity contribution in [1.82, 2.24) is 0 Å². The summed E-state index contributed by atoms with van der Waals surface area (Å²) in [7, 11) is 0. The Kier molecular flexibility index (Phi) is 4.62. The number of ketones is 1. The van der Waals surface area contributed by atoms with Crippen LogP contribution in [0.4, 0.5) is 0 Å². The minimum Gasteiger partial charge on any atom is -0.507 e. The fourth-order valence-corrected chi connectivity index (χ4v) is 5.13. The van der Waals surface area contributed by atoms with E-state index in [0.717, 1.165) is 10.1 Å². The summed E-state index contributed by atoms with van der Waals surface area (Å²) in [6.07, 6.45) is 1.21. The first kappa shape index (κ1) is 19.5. The normalized spacial score (nSPS) is 15.8. The van der Waals surface area contributed by atoms with E-state index in [1.807, 2.05) is 31.4 Å². The molecule has 0 fully saturated rings. The first-order chi connectivity index (χ1) is 13.9. The highest BCUT2D eigenvalue weighted by molar-refractivity contribution is 7.17. The number of phenols is 1. The molecule has 0 bridgehead atoms. The van der Waals surface area contributed by atoms with E-state index in [1.54, 1.807) is 13.0 Å². The molecule has 0 unspecified atom stereocenters. The number of rotatable bonds is 4. The molecule has 0 aliphatic heterocycles. The lowest BCUT2D eigenvalue weighted by Crippen LogP contribution is -2.41. The van der Waals surface area contributed by atoms with Gasteiger partial charge in [0.2, 0.25) is 0 Å². The van der Waals surface area contributed by atoms with Gasteiger partial charge in [-0.05, 0) is 42.8 Å². The van der Waals surface area contributed by atoms with Gasteiger partial charge in [-0.3, -0.25) is 9.59 Å². The number of aromatic hydroxyl groups is 1. The van der Waals surface area contributed by atoms with Crippen molar-refractivity contribution < 1.29 is 19.4 Å². The molecule has 0 atom stereocenters. The van der Waals surface area contributed by atoms with E-state index in [9.17, 15) is 19.8 Å². The number of Topliss-reactive ketones (excluding diaryl/α,β-unsaturated/α-hetero) is 1. The van der Waals surface area contributed by atoms with E-state index in [2.05, 4.69) is 0 Å². The Morgan fingerprint density at radius 3 is 2.41 bits per heavy atom. The third kappa shape index (κ3) is 2.59. The second kappa shape index (κ2) is 6.88. The quantitative estimate of drug-likeness (QED) is 0.589. The first-order valence-corrected chi connectivity index (χ1v) is 10.6. The summed E-state index contributed by atoms with van der Waals surface area (Å²) >= 11 is 1.52. The summed E-state index contributed by atoms with van der Waals surface area (Å²) in [6.45, 7) is 5.55. The van der Waals surface area contributed by atoms with E-state index in [4.69, 9.17) is 4.42 Å². The summed E-state index contributed by atoms with van der Waals surface area (Å²) in [6, 6.07) is 6.53. The lowest BCUT2D eigenvalue weighted by atomic mass is 9.68. The van der Waals surface area contributed by atoms with Crippen molar-refractivity contribution in [3.05, 3.63) is 56.8 Å². The Hall–Kier alpha value is -2.86. The number of allylic oxidation sites excluding steroid dienone is 1. The summed E-state index contributed by atoms with van der Waals surface area (Å²) in [5, 5.41) is 23.9.